The molecule has 3 N–H and O–H groups in total. The lowest BCUT2D eigenvalue weighted by Crippen LogP contribution is -2.41. The minimum Gasteiger partial charge on any atom is -0.380 e. The maximum Gasteiger partial charge on any atom is 0.222 e. The van der Waals surface area contributed by atoms with Crippen molar-refractivity contribution in [2.75, 3.05) is 20.2 Å². The summed E-state index contributed by atoms with van der Waals surface area (Å²) in [5.41, 5.74) is 5.78. The van der Waals surface area contributed by atoms with Gasteiger partial charge in [-0.25, -0.2) is 0 Å². The Morgan fingerprint density at radius 2 is 2.19 bits per heavy atom. The van der Waals surface area contributed by atoms with Crippen molar-refractivity contribution in [1.82, 2.24) is 5.32 Å². The first-order valence-electron chi connectivity index (χ1n) is 5.59. The summed E-state index contributed by atoms with van der Waals surface area (Å²) in [5, 5.41) is 2.95. The summed E-state index contributed by atoms with van der Waals surface area (Å²) in [6.45, 7) is 3.39. The number of carbonyl (C=O) groups is 1. The zero-order chi connectivity index (χ0) is 11.3. The van der Waals surface area contributed by atoms with Gasteiger partial charge in [0, 0.05) is 20.2 Å². The number of nitrogens with one attached hydrogen (secondary N) is 1. The molecule has 1 aliphatic carbocycles. The van der Waals surface area contributed by atoms with E-state index >= 15 is 0 Å². The van der Waals surface area contributed by atoms with Gasteiger partial charge in [0.15, 0.2) is 0 Å². The lowest BCUT2D eigenvalue weighted by atomic mass is 9.70. The third kappa shape index (κ3) is 4.68. The second kappa shape index (κ2) is 7.09. The molecule has 0 spiro atoms. The highest BCUT2D eigenvalue weighted by Gasteiger charge is 2.31. The van der Waals surface area contributed by atoms with Crippen LogP contribution in [0.25, 0.3) is 0 Å². The van der Waals surface area contributed by atoms with Crippen LogP contribution in [0.3, 0.4) is 0 Å². The molecule has 16 heavy (non-hydrogen) atoms. The lowest BCUT2D eigenvalue weighted by molar-refractivity contribution is -0.124. The van der Waals surface area contributed by atoms with Gasteiger partial charge in [-0.3, -0.25) is 4.79 Å². The van der Waals surface area contributed by atoms with Gasteiger partial charge in [0.05, 0.1) is 12.5 Å². The van der Waals surface area contributed by atoms with Crippen molar-refractivity contribution >= 4 is 18.3 Å². The van der Waals surface area contributed by atoms with Crippen molar-refractivity contribution in [3.8, 4) is 0 Å². The van der Waals surface area contributed by atoms with Gasteiger partial charge in [-0.15, -0.1) is 12.4 Å². The molecular formula is C11H23ClN2O2. The molecule has 1 amide bonds. The summed E-state index contributed by atoms with van der Waals surface area (Å²) in [7, 11) is 1.58. The normalized spacial score (nSPS) is 19.2. The third-order valence-electron chi connectivity index (χ3n) is 3.28. The van der Waals surface area contributed by atoms with E-state index in [0.717, 1.165) is 6.54 Å². The van der Waals surface area contributed by atoms with Gasteiger partial charge in [-0.2, -0.15) is 0 Å². The van der Waals surface area contributed by atoms with Crippen molar-refractivity contribution < 1.29 is 9.53 Å². The highest BCUT2D eigenvalue weighted by atomic mass is 35.5. The zero-order valence-corrected chi connectivity index (χ0v) is 10.9. The molecule has 0 saturated heterocycles. The average molecular weight is 251 g/mol. The van der Waals surface area contributed by atoms with Crippen molar-refractivity contribution in [2.24, 2.45) is 11.1 Å². The van der Waals surface area contributed by atoms with Gasteiger partial charge >= 0.3 is 0 Å². The van der Waals surface area contributed by atoms with Crippen LogP contribution < -0.4 is 11.1 Å². The van der Waals surface area contributed by atoms with Gasteiger partial charge in [-0.05, 0) is 18.3 Å². The molecule has 0 aromatic carbocycles. The van der Waals surface area contributed by atoms with Crippen LogP contribution in [0.15, 0.2) is 0 Å². The fraction of sp³-hybridized carbons (Fsp3) is 0.909. The number of amides is 1. The van der Waals surface area contributed by atoms with E-state index in [-0.39, 0.29) is 24.4 Å². The van der Waals surface area contributed by atoms with Crippen LogP contribution in [0.5, 0.6) is 0 Å². The van der Waals surface area contributed by atoms with E-state index < -0.39 is 0 Å². The van der Waals surface area contributed by atoms with Crippen molar-refractivity contribution in [3.63, 3.8) is 0 Å². The van der Waals surface area contributed by atoms with Gasteiger partial charge in [0.2, 0.25) is 5.91 Å². The molecule has 4 nitrogen and oxygen atoms in total. The highest BCUT2D eigenvalue weighted by molar-refractivity contribution is 5.85. The van der Waals surface area contributed by atoms with E-state index in [0.29, 0.717) is 18.4 Å². The molecule has 1 aliphatic rings. The number of hydrogen-bond donors (Lipinski definition) is 2. The summed E-state index contributed by atoms with van der Waals surface area (Å²) in [4.78, 5) is 11.5. The van der Waals surface area contributed by atoms with E-state index in [9.17, 15) is 4.79 Å². The van der Waals surface area contributed by atoms with Crippen LogP contribution in [-0.2, 0) is 9.53 Å². The van der Waals surface area contributed by atoms with Crippen molar-refractivity contribution in [2.45, 2.75) is 38.7 Å². The number of methoxy groups -OCH3 is 1. The summed E-state index contributed by atoms with van der Waals surface area (Å²) >= 11 is 0. The Kier molecular flexibility index (Phi) is 6.95. The zero-order valence-electron chi connectivity index (χ0n) is 10.1. The second-order valence-electron chi connectivity index (χ2n) is 4.74. The Bertz CT molecular complexity index is 216. The minimum atomic E-state index is -0.154. The highest BCUT2D eigenvalue weighted by Crippen LogP contribution is 2.39. The van der Waals surface area contributed by atoms with Crippen LogP contribution in [0.2, 0.25) is 0 Å². The number of rotatable bonds is 6. The van der Waals surface area contributed by atoms with Gasteiger partial charge in [0.25, 0.3) is 0 Å². The van der Waals surface area contributed by atoms with E-state index in [4.69, 9.17) is 10.5 Å². The van der Waals surface area contributed by atoms with Crippen LogP contribution in [0, 0.1) is 5.41 Å². The predicted octanol–water partition coefficient (Wildman–Crippen LogP) is 1.08. The van der Waals surface area contributed by atoms with E-state index in [1.165, 1.54) is 19.3 Å². The molecule has 0 aromatic heterocycles. The molecule has 1 saturated carbocycles. The summed E-state index contributed by atoms with van der Waals surface area (Å²) < 4.78 is 5.06. The quantitative estimate of drug-likeness (QED) is 0.742. The van der Waals surface area contributed by atoms with Gasteiger partial charge in [0.1, 0.15) is 0 Å². The lowest BCUT2D eigenvalue weighted by Gasteiger charge is -2.38. The summed E-state index contributed by atoms with van der Waals surface area (Å²) in [6, 6.07) is 0. The summed E-state index contributed by atoms with van der Waals surface area (Å²) in [5.74, 6) is 0.0421. The maximum absolute atomic E-state index is 11.5. The van der Waals surface area contributed by atoms with E-state index in [1.807, 2.05) is 0 Å². The fourth-order valence-electron chi connectivity index (χ4n) is 1.81. The van der Waals surface area contributed by atoms with E-state index in [2.05, 4.69) is 12.2 Å². The molecule has 96 valence electrons. The smallest absolute Gasteiger partial charge is 0.222 e. The molecule has 0 aromatic rings. The third-order valence-corrected chi connectivity index (χ3v) is 3.28. The molecule has 1 fully saturated rings. The molecule has 5 heteroatoms. The number of carbonyl (C=O) groups excluding carboxylic acids is 1. The monoisotopic (exact) mass is 250 g/mol. The van der Waals surface area contributed by atoms with Crippen LogP contribution in [0.1, 0.15) is 32.6 Å². The largest absolute Gasteiger partial charge is 0.380 e. The van der Waals surface area contributed by atoms with Crippen LogP contribution in [0.4, 0.5) is 0 Å². The summed E-state index contributed by atoms with van der Waals surface area (Å²) in [6.07, 6.45) is 3.94. The topological polar surface area (TPSA) is 64.3 Å². The number of nitrogens with two attached hydrogens (primary N) is 1. The number of hydrogen-bond acceptors (Lipinski definition) is 3. The first kappa shape index (κ1) is 15.7. The standard InChI is InChI=1S/C11H22N2O2.ClH/c1-11(4-3-5-11)8-13-10(14)6-9(7-12)15-2;/h9H,3-8,12H2,1-2H3,(H,13,14);1H. The average Bonchev–Trinajstić information content (AvgIpc) is 2.20. The predicted molar refractivity (Wildman–Crippen MR) is 66.7 cm³/mol. The fourth-order valence-corrected chi connectivity index (χ4v) is 1.81. The SMILES string of the molecule is COC(CN)CC(=O)NCC1(C)CCC1.Cl. The van der Waals surface area contributed by atoms with Crippen molar-refractivity contribution in [3.05, 3.63) is 0 Å². The second-order valence-corrected chi connectivity index (χ2v) is 4.74. The maximum atomic E-state index is 11.5. The Morgan fingerprint density at radius 3 is 2.56 bits per heavy atom. The van der Waals surface area contributed by atoms with E-state index in [1.54, 1.807) is 7.11 Å². The molecule has 0 radical (unpaired) electrons. The first-order chi connectivity index (χ1) is 7.09. The molecule has 1 rings (SSSR count). The Balaban J connectivity index is 0.00000225. The molecule has 0 heterocycles. The van der Waals surface area contributed by atoms with Crippen molar-refractivity contribution in [1.29, 1.82) is 0 Å². The number of ether oxygens (including phenoxy) is 1. The van der Waals surface area contributed by atoms with Gasteiger partial charge in [-0.1, -0.05) is 13.3 Å². The molecule has 0 bridgehead atoms. The Hall–Kier alpha value is -0.320. The Morgan fingerprint density at radius 1 is 1.56 bits per heavy atom. The number of halogens is 1. The van der Waals surface area contributed by atoms with Crippen LogP contribution in [-0.4, -0.2) is 32.2 Å². The Labute approximate surface area is 104 Å². The molecule has 0 aliphatic heterocycles. The first-order valence-corrected chi connectivity index (χ1v) is 5.59. The van der Waals surface area contributed by atoms with Gasteiger partial charge < -0.3 is 15.8 Å². The van der Waals surface area contributed by atoms with Crippen LogP contribution >= 0.6 is 12.4 Å². The molecular weight excluding hydrogens is 228 g/mol. The molecule has 1 atom stereocenters. The minimum absolute atomic E-state index is 0. The molecule has 1 unspecified atom stereocenters.